The number of hydrogen-bond acceptors (Lipinski definition) is 3. The quantitative estimate of drug-likeness (QED) is 0.924. The van der Waals surface area contributed by atoms with Crippen molar-refractivity contribution in [3.05, 3.63) is 16.9 Å². The van der Waals surface area contributed by atoms with Gasteiger partial charge in [0.25, 0.3) is 0 Å². The highest BCUT2D eigenvalue weighted by Crippen LogP contribution is 2.24. The number of carbonyl (C=O) groups is 1. The highest BCUT2D eigenvalue weighted by Gasteiger charge is 2.27. The fourth-order valence-electron chi connectivity index (χ4n) is 2.21. The molecule has 1 aliphatic rings. The number of nitrogens with zero attached hydrogens (tertiary/aromatic N) is 3. The maximum Gasteiger partial charge on any atom is 0.320 e. The molecule has 1 atom stereocenters. The number of carboxylic acid groups (broad SMARTS) is 1. The maximum atomic E-state index is 10.9. The van der Waals surface area contributed by atoms with Gasteiger partial charge in [-0.05, 0) is 35.7 Å². The zero-order valence-corrected chi connectivity index (χ0v) is 11.3. The second-order valence-corrected chi connectivity index (χ2v) is 5.34. The Morgan fingerprint density at radius 3 is 2.71 bits per heavy atom. The second-order valence-electron chi connectivity index (χ2n) is 4.42. The van der Waals surface area contributed by atoms with E-state index in [1.165, 1.54) is 0 Å². The predicted octanol–water partition coefficient (Wildman–Crippen LogP) is 1.76. The lowest BCUT2D eigenvalue weighted by atomic mass is 10.0. The first-order valence-corrected chi connectivity index (χ1v) is 6.53. The third kappa shape index (κ3) is 2.87. The van der Waals surface area contributed by atoms with Crippen LogP contribution in [0, 0.1) is 0 Å². The molecule has 1 N–H and O–H groups in total. The smallest absolute Gasteiger partial charge is 0.320 e. The summed E-state index contributed by atoms with van der Waals surface area (Å²) in [6.45, 7) is 3.37. The Labute approximate surface area is 109 Å². The van der Waals surface area contributed by atoms with Crippen LogP contribution in [0.4, 0.5) is 0 Å². The monoisotopic (exact) mass is 301 g/mol. The number of halogens is 1. The first-order valence-electron chi connectivity index (χ1n) is 5.74. The van der Waals surface area contributed by atoms with Crippen LogP contribution in [0.5, 0.6) is 0 Å². The summed E-state index contributed by atoms with van der Waals surface area (Å²) in [4.78, 5) is 12.9. The summed E-state index contributed by atoms with van der Waals surface area (Å²) >= 11 is 3.38. The third-order valence-electron chi connectivity index (χ3n) is 3.35. The number of carboxylic acids is 1. The first-order chi connectivity index (χ1) is 8.08. The van der Waals surface area contributed by atoms with Gasteiger partial charge in [-0.1, -0.05) is 0 Å². The molecule has 2 rings (SSSR count). The van der Waals surface area contributed by atoms with E-state index in [9.17, 15) is 4.79 Å². The summed E-state index contributed by atoms with van der Waals surface area (Å²) in [5, 5.41) is 13.2. The van der Waals surface area contributed by atoms with Gasteiger partial charge in [0.2, 0.25) is 0 Å². The van der Waals surface area contributed by atoms with E-state index in [0.29, 0.717) is 6.04 Å². The van der Waals surface area contributed by atoms with Gasteiger partial charge in [-0.3, -0.25) is 14.4 Å². The molecule has 0 spiro atoms. The average molecular weight is 302 g/mol. The lowest BCUT2D eigenvalue weighted by molar-refractivity contribution is -0.143. The number of rotatable bonds is 3. The minimum Gasteiger partial charge on any atom is -0.480 e. The second kappa shape index (κ2) is 5.18. The standard InChI is InChI=1S/C11H16BrN3O2/c1-8(11(16)17)14-4-2-10(3-5-14)15-7-9(12)6-13-15/h6-8,10H,2-5H2,1H3,(H,16,17). The molecule has 0 aliphatic carbocycles. The van der Waals surface area contributed by atoms with Crippen LogP contribution in [-0.4, -0.2) is 44.9 Å². The van der Waals surface area contributed by atoms with Crippen molar-refractivity contribution < 1.29 is 9.90 Å². The van der Waals surface area contributed by atoms with Gasteiger partial charge in [-0.15, -0.1) is 0 Å². The molecular formula is C11H16BrN3O2. The van der Waals surface area contributed by atoms with Gasteiger partial charge >= 0.3 is 5.97 Å². The summed E-state index contributed by atoms with van der Waals surface area (Å²) < 4.78 is 2.95. The SMILES string of the molecule is CC(C(=O)O)N1CCC(n2cc(Br)cn2)CC1. The highest BCUT2D eigenvalue weighted by molar-refractivity contribution is 9.10. The Morgan fingerprint density at radius 2 is 2.24 bits per heavy atom. The van der Waals surface area contributed by atoms with Gasteiger partial charge in [0.1, 0.15) is 6.04 Å². The van der Waals surface area contributed by atoms with Crippen molar-refractivity contribution in [1.29, 1.82) is 0 Å². The molecule has 1 saturated heterocycles. The van der Waals surface area contributed by atoms with Gasteiger partial charge in [0.15, 0.2) is 0 Å². The van der Waals surface area contributed by atoms with Crippen molar-refractivity contribution >= 4 is 21.9 Å². The van der Waals surface area contributed by atoms with Gasteiger partial charge in [0.05, 0.1) is 16.7 Å². The van der Waals surface area contributed by atoms with Crippen LogP contribution < -0.4 is 0 Å². The first kappa shape index (κ1) is 12.6. The average Bonchev–Trinajstić information content (AvgIpc) is 2.75. The number of aromatic nitrogens is 2. The molecule has 1 fully saturated rings. The minimum atomic E-state index is -0.745. The molecule has 17 heavy (non-hydrogen) atoms. The Bertz CT molecular complexity index is 399. The summed E-state index contributed by atoms with van der Waals surface area (Å²) in [5.41, 5.74) is 0. The summed E-state index contributed by atoms with van der Waals surface area (Å²) in [6, 6.07) is -0.00106. The zero-order chi connectivity index (χ0) is 12.4. The van der Waals surface area contributed by atoms with Crippen molar-refractivity contribution in [1.82, 2.24) is 14.7 Å². The van der Waals surface area contributed by atoms with Crippen LogP contribution in [0.3, 0.4) is 0 Å². The van der Waals surface area contributed by atoms with Crippen molar-refractivity contribution in [2.75, 3.05) is 13.1 Å². The normalized spacial score (nSPS) is 20.4. The van der Waals surface area contributed by atoms with Gasteiger partial charge < -0.3 is 5.11 Å². The Morgan fingerprint density at radius 1 is 1.59 bits per heavy atom. The molecule has 0 saturated carbocycles. The lowest BCUT2D eigenvalue weighted by Crippen LogP contribution is -2.44. The fraction of sp³-hybridized carbons (Fsp3) is 0.636. The number of aliphatic carboxylic acids is 1. The molecule has 1 unspecified atom stereocenters. The largest absolute Gasteiger partial charge is 0.480 e. The molecule has 1 aromatic heterocycles. The molecular weight excluding hydrogens is 286 g/mol. The van der Waals surface area contributed by atoms with Crippen LogP contribution in [-0.2, 0) is 4.79 Å². The van der Waals surface area contributed by atoms with Crippen molar-refractivity contribution in [2.24, 2.45) is 0 Å². The Kier molecular flexibility index (Phi) is 3.83. The van der Waals surface area contributed by atoms with E-state index in [2.05, 4.69) is 21.0 Å². The zero-order valence-electron chi connectivity index (χ0n) is 9.71. The fourth-order valence-corrected chi connectivity index (χ4v) is 2.51. The van der Waals surface area contributed by atoms with E-state index >= 15 is 0 Å². The molecule has 2 heterocycles. The highest BCUT2D eigenvalue weighted by atomic mass is 79.9. The summed E-state index contributed by atoms with van der Waals surface area (Å²) in [7, 11) is 0. The van der Waals surface area contributed by atoms with Gasteiger partial charge in [-0.25, -0.2) is 0 Å². The number of hydrogen-bond donors (Lipinski definition) is 1. The Hall–Kier alpha value is -0.880. The van der Waals surface area contributed by atoms with E-state index in [4.69, 9.17) is 5.11 Å². The minimum absolute atomic E-state index is 0.388. The van der Waals surface area contributed by atoms with Crippen molar-refractivity contribution in [2.45, 2.75) is 31.8 Å². The van der Waals surface area contributed by atoms with E-state index in [0.717, 1.165) is 30.4 Å². The molecule has 94 valence electrons. The van der Waals surface area contributed by atoms with Crippen LogP contribution in [0.2, 0.25) is 0 Å². The molecule has 6 heteroatoms. The van der Waals surface area contributed by atoms with Crippen molar-refractivity contribution in [3.8, 4) is 0 Å². The van der Waals surface area contributed by atoms with Gasteiger partial charge in [-0.2, -0.15) is 5.10 Å². The number of piperidine rings is 1. The van der Waals surface area contributed by atoms with E-state index in [1.807, 2.05) is 15.8 Å². The van der Waals surface area contributed by atoms with Crippen molar-refractivity contribution in [3.63, 3.8) is 0 Å². The van der Waals surface area contributed by atoms with Crippen LogP contribution >= 0.6 is 15.9 Å². The predicted molar refractivity (Wildman–Crippen MR) is 66.9 cm³/mol. The topological polar surface area (TPSA) is 58.4 Å². The van der Waals surface area contributed by atoms with Crippen LogP contribution in [0.15, 0.2) is 16.9 Å². The maximum absolute atomic E-state index is 10.9. The molecule has 5 nitrogen and oxygen atoms in total. The van der Waals surface area contributed by atoms with Crippen LogP contribution in [0.25, 0.3) is 0 Å². The number of likely N-dealkylation sites (tertiary alicyclic amines) is 1. The van der Waals surface area contributed by atoms with Crippen LogP contribution in [0.1, 0.15) is 25.8 Å². The van der Waals surface area contributed by atoms with E-state index < -0.39 is 5.97 Å². The molecule has 0 aromatic carbocycles. The van der Waals surface area contributed by atoms with E-state index in [-0.39, 0.29) is 6.04 Å². The lowest BCUT2D eigenvalue weighted by Gasteiger charge is -2.34. The molecule has 0 bridgehead atoms. The summed E-state index contributed by atoms with van der Waals surface area (Å²) in [6.07, 6.45) is 5.66. The molecule has 0 amide bonds. The molecule has 1 aromatic rings. The third-order valence-corrected chi connectivity index (χ3v) is 3.76. The van der Waals surface area contributed by atoms with Gasteiger partial charge in [0, 0.05) is 19.3 Å². The molecule has 0 radical (unpaired) electrons. The summed E-state index contributed by atoms with van der Waals surface area (Å²) in [5.74, 6) is -0.745. The van der Waals surface area contributed by atoms with E-state index in [1.54, 1.807) is 13.1 Å². The Balaban J connectivity index is 1.92. The molecule has 1 aliphatic heterocycles.